The molecule has 1 amide bonds. The van der Waals surface area contributed by atoms with Gasteiger partial charge < -0.3 is 15.5 Å². The van der Waals surface area contributed by atoms with Gasteiger partial charge in [0.1, 0.15) is 11.0 Å². The van der Waals surface area contributed by atoms with Crippen molar-refractivity contribution in [2.45, 2.75) is 37.2 Å². The molecule has 0 unspecified atom stereocenters. The molecule has 0 fully saturated rings. The van der Waals surface area contributed by atoms with Crippen molar-refractivity contribution < 1.29 is 9.53 Å². The number of amides is 1. The van der Waals surface area contributed by atoms with Crippen LogP contribution in [0.5, 0.6) is 5.75 Å². The van der Waals surface area contributed by atoms with Gasteiger partial charge in [0.25, 0.3) is 0 Å². The monoisotopic (exact) mass is 485 g/mol. The van der Waals surface area contributed by atoms with E-state index >= 15 is 0 Å². The lowest BCUT2D eigenvalue weighted by atomic mass is 10.0. The van der Waals surface area contributed by atoms with Crippen LogP contribution in [-0.4, -0.2) is 32.6 Å². The number of rotatable bonds is 6. The van der Waals surface area contributed by atoms with Crippen LogP contribution in [0.1, 0.15) is 29.7 Å². The zero-order valence-corrected chi connectivity index (χ0v) is 20.7. The number of ether oxygens (including phenoxy) is 1. The maximum absolute atomic E-state index is 13.5. The predicted octanol–water partition coefficient (Wildman–Crippen LogP) is 5.36. The largest absolute Gasteiger partial charge is 0.494 e. The molecule has 3 aromatic carbocycles. The van der Waals surface area contributed by atoms with Gasteiger partial charge >= 0.3 is 0 Å². The van der Waals surface area contributed by atoms with Crippen LogP contribution in [0.3, 0.4) is 0 Å². The molecule has 35 heavy (non-hydrogen) atoms. The first-order valence-electron chi connectivity index (χ1n) is 11.6. The van der Waals surface area contributed by atoms with Crippen LogP contribution in [0, 0.1) is 13.8 Å². The Bertz CT molecular complexity index is 1340. The van der Waals surface area contributed by atoms with E-state index in [0.717, 1.165) is 28.1 Å². The standard InChI is InChI=1S/C27H27N5O2S/c1-4-34-22-14-11-19(12-15-22)23-24(26(33)28-21-13-10-17(2)18(3)16-21)35-27-30-29-25(32(27)31-23)20-8-6-5-7-9-20/h5-16,23-24,31H,4H2,1-3H3,(H,28,33)/t23-,24-/m0/s1. The minimum Gasteiger partial charge on any atom is -0.494 e. The maximum atomic E-state index is 13.5. The van der Waals surface area contributed by atoms with Crippen LogP contribution in [0.4, 0.5) is 5.69 Å². The fourth-order valence-electron chi connectivity index (χ4n) is 4.05. The molecule has 0 spiro atoms. The Morgan fingerprint density at radius 1 is 1.03 bits per heavy atom. The maximum Gasteiger partial charge on any atom is 0.240 e. The molecule has 0 saturated carbocycles. The summed E-state index contributed by atoms with van der Waals surface area (Å²) in [6.45, 7) is 6.65. The molecule has 8 heteroatoms. The van der Waals surface area contributed by atoms with E-state index in [9.17, 15) is 4.79 Å². The molecular weight excluding hydrogens is 458 g/mol. The Balaban J connectivity index is 1.49. The second-order valence-electron chi connectivity index (χ2n) is 8.44. The fraction of sp³-hybridized carbons (Fsp3) is 0.222. The summed E-state index contributed by atoms with van der Waals surface area (Å²) < 4.78 is 7.49. The number of carbonyl (C=O) groups excluding carboxylic acids is 1. The zero-order chi connectivity index (χ0) is 24.4. The summed E-state index contributed by atoms with van der Waals surface area (Å²) in [7, 11) is 0. The van der Waals surface area contributed by atoms with Crippen molar-refractivity contribution in [3.8, 4) is 17.1 Å². The Labute approximate surface area is 208 Å². The number of carbonyl (C=O) groups is 1. The summed E-state index contributed by atoms with van der Waals surface area (Å²) in [5.41, 5.74) is 8.53. The van der Waals surface area contributed by atoms with Crippen molar-refractivity contribution in [1.29, 1.82) is 0 Å². The summed E-state index contributed by atoms with van der Waals surface area (Å²) in [6.07, 6.45) is 0. The first-order chi connectivity index (χ1) is 17.0. The number of benzene rings is 3. The Hall–Kier alpha value is -3.78. The van der Waals surface area contributed by atoms with Gasteiger partial charge in [-0.05, 0) is 61.7 Å². The minimum absolute atomic E-state index is 0.0971. The highest BCUT2D eigenvalue weighted by atomic mass is 32.2. The number of fused-ring (bicyclic) bond motifs is 1. The van der Waals surface area contributed by atoms with E-state index in [-0.39, 0.29) is 11.9 Å². The Morgan fingerprint density at radius 2 is 1.80 bits per heavy atom. The number of anilines is 1. The van der Waals surface area contributed by atoms with E-state index in [0.29, 0.717) is 17.6 Å². The quantitative estimate of drug-likeness (QED) is 0.383. The summed E-state index contributed by atoms with van der Waals surface area (Å²) in [4.78, 5) is 13.5. The molecule has 5 rings (SSSR count). The van der Waals surface area contributed by atoms with Gasteiger partial charge in [0.15, 0.2) is 5.82 Å². The van der Waals surface area contributed by atoms with E-state index in [4.69, 9.17) is 4.74 Å². The summed E-state index contributed by atoms with van der Waals surface area (Å²) in [6, 6.07) is 23.4. The van der Waals surface area contributed by atoms with Gasteiger partial charge in [-0.15, -0.1) is 10.2 Å². The highest BCUT2D eigenvalue weighted by Crippen LogP contribution is 2.39. The third-order valence-electron chi connectivity index (χ3n) is 6.05. The molecule has 0 saturated heterocycles. The summed E-state index contributed by atoms with van der Waals surface area (Å²) in [5, 5.41) is 12.1. The third-order valence-corrected chi connectivity index (χ3v) is 7.27. The van der Waals surface area contributed by atoms with E-state index in [1.54, 1.807) is 0 Å². The zero-order valence-electron chi connectivity index (χ0n) is 19.9. The van der Waals surface area contributed by atoms with E-state index in [1.807, 2.05) is 91.3 Å². The molecular formula is C27H27N5O2S. The van der Waals surface area contributed by atoms with Crippen molar-refractivity contribution in [2.75, 3.05) is 17.3 Å². The molecule has 1 aromatic heterocycles. The number of nitrogens with one attached hydrogen (secondary N) is 2. The van der Waals surface area contributed by atoms with Crippen LogP contribution < -0.4 is 15.5 Å². The van der Waals surface area contributed by atoms with Crippen molar-refractivity contribution in [1.82, 2.24) is 14.9 Å². The normalized spacial score (nSPS) is 16.8. The second-order valence-corrected chi connectivity index (χ2v) is 9.55. The second kappa shape index (κ2) is 9.84. The van der Waals surface area contributed by atoms with Crippen molar-refractivity contribution in [3.05, 3.63) is 89.5 Å². The molecule has 4 aromatic rings. The third kappa shape index (κ3) is 4.74. The number of thioether (sulfide) groups is 1. The fourth-order valence-corrected chi connectivity index (χ4v) is 5.13. The highest BCUT2D eigenvalue weighted by Gasteiger charge is 2.38. The molecule has 2 heterocycles. The molecule has 0 aliphatic carbocycles. The lowest BCUT2D eigenvalue weighted by Crippen LogP contribution is -2.41. The lowest BCUT2D eigenvalue weighted by Gasteiger charge is -2.33. The Kier molecular flexibility index (Phi) is 6.46. The van der Waals surface area contributed by atoms with E-state index in [2.05, 4.69) is 27.9 Å². The van der Waals surface area contributed by atoms with Crippen molar-refractivity contribution >= 4 is 23.4 Å². The van der Waals surface area contributed by atoms with Crippen LogP contribution in [0.15, 0.2) is 78.0 Å². The van der Waals surface area contributed by atoms with Gasteiger partial charge in [0.2, 0.25) is 11.1 Å². The van der Waals surface area contributed by atoms with Crippen molar-refractivity contribution in [2.24, 2.45) is 0 Å². The number of aromatic nitrogens is 3. The molecule has 7 nitrogen and oxygen atoms in total. The first kappa shape index (κ1) is 23.0. The molecule has 0 bridgehead atoms. The van der Waals surface area contributed by atoms with Gasteiger partial charge in [-0.25, -0.2) is 4.68 Å². The van der Waals surface area contributed by atoms with E-state index in [1.165, 1.54) is 17.3 Å². The molecule has 178 valence electrons. The number of aryl methyl sites for hydroxylation is 2. The molecule has 2 atom stereocenters. The molecule has 0 radical (unpaired) electrons. The van der Waals surface area contributed by atoms with Crippen LogP contribution in [-0.2, 0) is 4.79 Å². The summed E-state index contributed by atoms with van der Waals surface area (Å²) >= 11 is 1.41. The average Bonchev–Trinajstić information content (AvgIpc) is 3.30. The lowest BCUT2D eigenvalue weighted by molar-refractivity contribution is -0.116. The molecule has 2 N–H and O–H groups in total. The summed E-state index contributed by atoms with van der Waals surface area (Å²) in [5.74, 6) is 1.41. The first-order valence-corrected chi connectivity index (χ1v) is 12.5. The SMILES string of the molecule is CCOc1ccc([C@@H]2Nn3c(nnc3-c3ccccc3)S[C@@H]2C(=O)Nc2ccc(C)c(C)c2)cc1. The smallest absolute Gasteiger partial charge is 0.240 e. The number of hydrogen-bond acceptors (Lipinski definition) is 6. The van der Waals surface area contributed by atoms with Gasteiger partial charge in [-0.3, -0.25) is 4.79 Å². The van der Waals surface area contributed by atoms with Gasteiger partial charge in [-0.1, -0.05) is 60.3 Å². The van der Waals surface area contributed by atoms with Gasteiger partial charge in [0, 0.05) is 11.3 Å². The van der Waals surface area contributed by atoms with Crippen LogP contribution in [0.25, 0.3) is 11.4 Å². The Morgan fingerprint density at radius 3 is 2.51 bits per heavy atom. The van der Waals surface area contributed by atoms with E-state index < -0.39 is 5.25 Å². The number of hydrogen-bond donors (Lipinski definition) is 2. The highest BCUT2D eigenvalue weighted by molar-refractivity contribution is 8.00. The topological polar surface area (TPSA) is 81.1 Å². The van der Waals surface area contributed by atoms with Crippen molar-refractivity contribution in [3.63, 3.8) is 0 Å². The van der Waals surface area contributed by atoms with Gasteiger partial charge in [-0.2, -0.15) is 0 Å². The average molecular weight is 486 g/mol. The van der Waals surface area contributed by atoms with Gasteiger partial charge in [0.05, 0.1) is 12.6 Å². The molecule has 1 aliphatic rings. The van der Waals surface area contributed by atoms with Crippen LogP contribution in [0.2, 0.25) is 0 Å². The predicted molar refractivity (Wildman–Crippen MR) is 139 cm³/mol. The minimum atomic E-state index is -0.463. The number of nitrogens with zero attached hydrogens (tertiary/aromatic N) is 3. The van der Waals surface area contributed by atoms with Crippen LogP contribution >= 0.6 is 11.8 Å². The molecule has 1 aliphatic heterocycles.